The zero-order valence-electron chi connectivity index (χ0n) is 7.51. The summed E-state index contributed by atoms with van der Waals surface area (Å²) >= 11 is 0. The minimum Gasteiger partial charge on any atom is -0.458 e. The van der Waals surface area contributed by atoms with E-state index in [0.29, 0.717) is 6.42 Å². The van der Waals surface area contributed by atoms with E-state index in [0.717, 1.165) is 11.1 Å². The Morgan fingerprint density at radius 2 is 2.08 bits per heavy atom. The Kier molecular flexibility index (Phi) is 2.31. The van der Waals surface area contributed by atoms with E-state index in [-0.39, 0.29) is 17.9 Å². The number of ketones is 1. The first-order chi connectivity index (χ1) is 5.52. The molecule has 0 N–H and O–H groups in total. The van der Waals surface area contributed by atoms with E-state index in [2.05, 4.69) is 0 Å². The highest BCUT2D eigenvalue weighted by Crippen LogP contribution is 2.25. The van der Waals surface area contributed by atoms with Crippen LogP contribution in [0.1, 0.15) is 27.2 Å². The molecular weight excluding hydrogens is 156 g/mol. The minimum atomic E-state index is -0.332. The van der Waals surface area contributed by atoms with Crippen molar-refractivity contribution >= 4 is 11.8 Å². The van der Waals surface area contributed by atoms with E-state index in [1.165, 1.54) is 6.92 Å². The lowest BCUT2D eigenvalue weighted by Gasteiger charge is -2.10. The van der Waals surface area contributed by atoms with Crippen molar-refractivity contribution in [2.24, 2.45) is 0 Å². The molecule has 3 heteroatoms. The molecular formula is C9H12O3. The summed E-state index contributed by atoms with van der Waals surface area (Å²) < 4.78 is 4.95. The maximum Gasteiger partial charge on any atom is 0.303 e. The van der Waals surface area contributed by atoms with E-state index >= 15 is 0 Å². The van der Waals surface area contributed by atoms with Crippen LogP contribution < -0.4 is 0 Å². The second kappa shape index (κ2) is 3.09. The van der Waals surface area contributed by atoms with Crippen LogP contribution in [0, 0.1) is 0 Å². The summed E-state index contributed by atoms with van der Waals surface area (Å²) in [5.41, 5.74) is 1.62. The average molecular weight is 168 g/mol. The lowest BCUT2D eigenvalue weighted by molar-refractivity contribution is -0.144. The molecule has 0 radical (unpaired) electrons. The summed E-state index contributed by atoms with van der Waals surface area (Å²) in [7, 11) is 0. The number of hydrogen-bond acceptors (Lipinski definition) is 3. The van der Waals surface area contributed by atoms with Gasteiger partial charge in [-0.25, -0.2) is 0 Å². The molecule has 1 aliphatic rings. The van der Waals surface area contributed by atoms with Crippen LogP contribution in [0.15, 0.2) is 11.1 Å². The van der Waals surface area contributed by atoms with E-state index in [1.54, 1.807) is 6.92 Å². The fraction of sp³-hybridized carbons (Fsp3) is 0.556. The Hall–Kier alpha value is -1.12. The first-order valence-electron chi connectivity index (χ1n) is 3.90. The molecule has 12 heavy (non-hydrogen) atoms. The molecule has 0 saturated carbocycles. The Morgan fingerprint density at radius 1 is 1.50 bits per heavy atom. The molecule has 0 aromatic rings. The number of hydrogen-bond donors (Lipinski definition) is 0. The average Bonchev–Trinajstić information content (AvgIpc) is 2.17. The van der Waals surface area contributed by atoms with Gasteiger partial charge in [-0.15, -0.1) is 0 Å². The van der Waals surface area contributed by atoms with E-state index < -0.39 is 0 Å². The lowest BCUT2D eigenvalue weighted by Crippen LogP contribution is -2.15. The Morgan fingerprint density at radius 3 is 2.42 bits per heavy atom. The molecule has 1 aliphatic carbocycles. The van der Waals surface area contributed by atoms with Gasteiger partial charge in [-0.2, -0.15) is 0 Å². The largest absolute Gasteiger partial charge is 0.458 e. The zero-order valence-corrected chi connectivity index (χ0v) is 7.51. The van der Waals surface area contributed by atoms with Crippen LogP contribution in [0.25, 0.3) is 0 Å². The Bertz CT molecular complexity index is 263. The third-order valence-corrected chi connectivity index (χ3v) is 2.17. The predicted octanol–water partition coefficient (Wildman–Crippen LogP) is 1.23. The molecule has 0 fully saturated rings. The van der Waals surface area contributed by atoms with Gasteiger partial charge in [-0.05, 0) is 25.0 Å². The number of esters is 1. The molecule has 0 heterocycles. The number of rotatable bonds is 1. The molecule has 1 unspecified atom stereocenters. The quantitative estimate of drug-likeness (QED) is 0.553. The van der Waals surface area contributed by atoms with Crippen molar-refractivity contribution in [2.75, 3.05) is 0 Å². The predicted molar refractivity (Wildman–Crippen MR) is 43.6 cm³/mol. The third kappa shape index (κ3) is 1.55. The van der Waals surface area contributed by atoms with Crippen molar-refractivity contribution in [1.82, 2.24) is 0 Å². The number of carbonyl (C=O) groups is 2. The van der Waals surface area contributed by atoms with E-state index in [4.69, 9.17) is 4.74 Å². The second-order valence-corrected chi connectivity index (χ2v) is 3.03. The summed E-state index contributed by atoms with van der Waals surface area (Å²) in [5.74, 6) is -0.249. The summed E-state index contributed by atoms with van der Waals surface area (Å²) in [5, 5.41) is 0. The van der Waals surface area contributed by atoms with Crippen LogP contribution >= 0.6 is 0 Å². The SMILES string of the molecule is CC(=O)OC1CC(=O)C(C)=C1C. The molecule has 1 rings (SSSR count). The summed E-state index contributed by atoms with van der Waals surface area (Å²) in [4.78, 5) is 21.7. The summed E-state index contributed by atoms with van der Waals surface area (Å²) in [6, 6.07) is 0. The first-order valence-corrected chi connectivity index (χ1v) is 3.90. The molecule has 0 amide bonds. The van der Waals surface area contributed by atoms with Crippen molar-refractivity contribution in [3.05, 3.63) is 11.1 Å². The smallest absolute Gasteiger partial charge is 0.303 e. The molecule has 0 bridgehead atoms. The van der Waals surface area contributed by atoms with Crippen LogP contribution in [0.5, 0.6) is 0 Å². The maximum atomic E-state index is 11.1. The first kappa shape index (κ1) is 8.97. The third-order valence-electron chi connectivity index (χ3n) is 2.17. The van der Waals surface area contributed by atoms with Crippen LogP contribution in [0.2, 0.25) is 0 Å². The monoisotopic (exact) mass is 168 g/mol. The molecule has 0 saturated heterocycles. The van der Waals surface area contributed by atoms with Gasteiger partial charge in [0.2, 0.25) is 0 Å². The highest BCUT2D eigenvalue weighted by Gasteiger charge is 2.28. The Balaban J connectivity index is 2.73. The van der Waals surface area contributed by atoms with Crippen LogP contribution in [-0.4, -0.2) is 17.9 Å². The van der Waals surface area contributed by atoms with E-state index in [9.17, 15) is 9.59 Å². The van der Waals surface area contributed by atoms with Gasteiger partial charge in [-0.1, -0.05) is 0 Å². The fourth-order valence-electron chi connectivity index (χ4n) is 1.27. The second-order valence-electron chi connectivity index (χ2n) is 3.03. The molecule has 0 aromatic heterocycles. The maximum absolute atomic E-state index is 11.1. The van der Waals surface area contributed by atoms with Crippen molar-refractivity contribution in [1.29, 1.82) is 0 Å². The Labute approximate surface area is 71.4 Å². The van der Waals surface area contributed by atoms with Crippen LogP contribution in [0.4, 0.5) is 0 Å². The van der Waals surface area contributed by atoms with Crippen LogP contribution in [-0.2, 0) is 14.3 Å². The summed E-state index contributed by atoms with van der Waals surface area (Å²) in [6.45, 7) is 4.94. The van der Waals surface area contributed by atoms with Gasteiger partial charge in [0.05, 0.1) is 6.42 Å². The van der Waals surface area contributed by atoms with Crippen molar-refractivity contribution in [3.63, 3.8) is 0 Å². The van der Waals surface area contributed by atoms with Gasteiger partial charge in [0.15, 0.2) is 5.78 Å². The van der Waals surface area contributed by atoms with Gasteiger partial charge in [0, 0.05) is 6.92 Å². The topological polar surface area (TPSA) is 43.4 Å². The fourth-order valence-corrected chi connectivity index (χ4v) is 1.27. The summed E-state index contributed by atoms with van der Waals surface area (Å²) in [6.07, 6.45) is 0.00653. The van der Waals surface area contributed by atoms with Crippen LogP contribution in [0.3, 0.4) is 0 Å². The van der Waals surface area contributed by atoms with Gasteiger partial charge < -0.3 is 4.74 Å². The number of carbonyl (C=O) groups excluding carboxylic acids is 2. The van der Waals surface area contributed by atoms with E-state index in [1.807, 2.05) is 6.92 Å². The minimum absolute atomic E-state index is 0.0822. The zero-order chi connectivity index (χ0) is 9.30. The number of Topliss-reactive ketones (excluding diaryl/α,β-unsaturated/α-hetero) is 1. The van der Waals surface area contributed by atoms with Gasteiger partial charge in [0.1, 0.15) is 6.10 Å². The molecule has 0 aromatic carbocycles. The highest BCUT2D eigenvalue weighted by molar-refractivity contribution is 5.99. The number of allylic oxidation sites excluding steroid dienone is 1. The normalized spacial score (nSPS) is 23.2. The van der Waals surface area contributed by atoms with Gasteiger partial charge >= 0.3 is 5.97 Å². The van der Waals surface area contributed by atoms with Gasteiger partial charge in [0.25, 0.3) is 0 Å². The standard InChI is InChI=1S/C9H12O3/c1-5-6(2)9(4-8(5)11)12-7(3)10/h9H,4H2,1-3H3. The molecule has 3 nitrogen and oxygen atoms in total. The molecule has 0 aliphatic heterocycles. The van der Waals surface area contributed by atoms with Crippen molar-refractivity contribution in [3.8, 4) is 0 Å². The molecule has 66 valence electrons. The van der Waals surface area contributed by atoms with Crippen molar-refractivity contribution < 1.29 is 14.3 Å². The molecule has 1 atom stereocenters. The number of ether oxygens (including phenoxy) is 1. The van der Waals surface area contributed by atoms with Gasteiger partial charge in [-0.3, -0.25) is 9.59 Å². The molecule has 0 spiro atoms. The lowest BCUT2D eigenvalue weighted by atomic mass is 10.2. The highest BCUT2D eigenvalue weighted by atomic mass is 16.5. The van der Waals surface area contributed by atoms with Crippen molar-refractivity contribution in [2.45, 2.75) is 33.3 Å².